The summed E-state index contributed by atoms with van der Waals surface area (Å²) in [5, 5.41) is 4.34. The minimum Gasteiger partial charge on any atom is -0.352 e. The first-order valence-electron chi connectivity index (χ1n) is 8.94. The van der Waals surface area contributed by atoms with Crippen LogP contribution >= 0.6 is 12.2 Å². The Morgan fingerprint density at radius 1 is 1.21 bits per heavy atom. The summed E-state index contributed by atoms with van der Waals surface area (Å²) in [5.41, 5.74) is 2.41. The molecule has 0 amide bonds. The second kappa shape index (κ2) is 6.55. The van der Waals surface area contributed by atoms with Crippen LogP contribution in [-0.4, -0.2) is 26.1 Å². The molecule has 0 radical (unpaired) electrons. The molecule has 4 rings (SSSR count). The number of nitrogens with zero attached hydrogens (tertiary/aromatic N) is 3. The molecule has 2 aromatic heterocycles. The van der Waals surface area contributed by atoms with Crippen molar-refractivity contribution >= 4 is 17.3 Å². The van der Waals surface area contributed by atoms with Crippen LogP contribution in [0.25, 0.3) is 0 Å². The van der Waals surface area contributed by atoms with E-state index in [9.17, 15) is 0 Å². The van der Waals surface area contributed by atoms with E-state index in [0.717, 1.165) is 17.4 Å². The second-order valence-electron chi connectivity index (χ2n) is 6.69. The highest BCUT2D eigenvalue weighted by atomic mass is 32.1. The third-order valence-electron chi connectivity index (χ3n) is 5.37. The fraction of sp³-hybridized carbons (Fsp3) is 0.474. The van der Waals surface area contributed by atoms with Crippen LogP contribution in [0.2, 0.25) is 0 Å². The number of hydrogen-bond donors (Lipinski definition) is 1. The summed E-state index contributed by atoms with van der Waals surface area (Å²) in [6, 6.07) is 11.5. The van der Waals surface area contributed by atoms with Crippen molar-refractivity contribution < 1.29 is 0 Å². The first-order valence-corrected chi connectivity index (χ1v) is 9.35. The lowest BCUT2D eigenvalue weighted by Crippen LogP contribution is -2.30. The molecule has 5 heteroatoms. The molecule has 24 heavy (non-hydrogen) atoms. The van der Waals surface area contributed by atoms with Gasteiger partial charge in [-0.3, -0.25) is 4.98 Å². The van der Waals surface area contributed by atoms with Crippen LogP contribution in [-0.2, 0) is 0 Å². The topological polar surface area (TPSA) is 33.1 Å². The maximum Gasteiger partial charge on any atom is 0.170 e. The average molecular weight is 340 g/mol. The Morgan fingerprint density at radius 2 is 2.04 bits per heavy atom. The smallest absolute Gasteiger partial charge is 0.170 e. The van der Waals surface area contributed by atoms with E-state index in [0.29, 0.717) is 6.04 Å². The number of hydrogen-bond acceptors (Lipinski definition) is 2. The first-order chi connectivity index (χ1) is 11.8. The number of rotatable bonds is 4. The van der Waals surface area contributed by atoms with Crippen molar-refractivity contribution in [3.05, 3.63) is 54.1 Å². The number of likely N-dealkylation sites (N-methyl/N-ethyl adjacent to an activating group) is 1. The van der Waals surface area contributed by atoms with Crippen molar-refractivity contribution in [2.45, 2.75) is 50.7 Å². The third kappa shape index (κ3) is 2.61. The lowest BCUT2D eigenvalue weighted by Gasteiger charge is -2.29. The van der Waals surface area contributed by atoms with Gasteiger partial charge in [-0.1, -0.05) is 18.9 Å². The van der Waals surface area contributed by atoms with Crippen LogP contribution in [0, 0.1) is 0 Å². The van der Waals surface area contributed by atoms with Crippen LogP contribution in [0.4, 0.5) is 0 Å². The van der Waals surface area contributed by atoms with Gasteiger partial charge in [0.2, 0.25) is 0 Å². The van der Waals surface area contributed by atoms with Gasteiger partial charge >= 0.3 is 0 Å². The van der Waals surface area contributed by atoms with Gasteiger partial charge in [-0.25, -0.2) is 0 Å². The van der Waals surface area contributed by atoms with Crippen LogP contribution in [0.5, 0.6) is 0 Å². The number of pyridine rings is 1. The zero-order valence-corrected chi connectivity index (χ0v) is 14.9. The van der Waals surface area contributed by atoms with Crippen LogP contribution in [0.15, 0.2) is 42.7 Å². The number of nitrogens with one attached hydrogen (secondary N) is 1. The molecule has 3 heterocycles. The predicted octanol–water partition coefficient (Wildman–Crippen LogP) is 3.99. The lowest BCUT2D eigenvalue weighted by atomic mass is 10.0. The third-order valence-corrected chi connectivity index (χ3v) is 5.72. The number of aromatic nitrogens is 2. The second-order valence-corrected chi connectivity index (χ2v) is 7.08. The lowest BCUT2D eigenvalue weighted by molar-refractivity contribution is 0.307. The Balaban J connectivity index is 1.75. The Morgan fingerprint density at radius 3 is 2.75 bits per heavy atom. The van der Waals surface area contributed by atoms with E-state index in [4.69, 9.17) is 12.2 Å². The molecule has 126 valence electrons. The number of thiocarbonyl (C=S) groups is 1. The summed E-state index contributed by atoms with van der Waals surface area (Å²) in [6.07, 6.45) is 9.35. The molecule has 2 aliphatic rings. The van der Waals surface area contributed by atoms with Crippen molar-refractivity contribution in [2.75, 3.05) is 6.54 Å². The van der Waals surface area contributed by atoms with Gasteiger partial charge in [0.1, 0.15) is 0 Å². The molecule has 2 fully saturated rings. The van der Waals surface area contributed by atoms with E-state index in [1.807, 2.05) is 12.3 Å². The van der Waals surface area contributed by atoms with E-state index >= 15 is 0 Å². The van der Waals surface area contributed by atoms with E-state index in [2.05, 4.69) is 57.2 Å². The monoisotopic (exact) mass is 340 g/mol. The van der Waals surface area contributed by atoms with Crippen molar-refractivity contribution in [3.63, 3.8) is 0 Å². The molecule has 1 aliphatic carbocycles. The Kier molecular flexibility index (Phi) is 4.27. The maximum absolute atomic E-state index is 5.62. The minimum absolute atomic E-state index is 0.105. The molecule has 1 aliphatic heterocycles. The Labute approximate surface area is 148 Å². The Hall–Kier alpha value is -1.88. The summed E-state index contributed by atoms with van der Waals surface area (Å²) in [7, 11) is 0. The largest absolute Gasteiger partial charge is 0.352 e. The minimum atomic E-state index is 0.105. The van der Waals surface area contributed by atoms with Gasteiger partial charge in [-0.05, 0) is 56.2 Å². The quantitative estimate of drug-likeness (QED) is 0.853. The Bertz CT molecular complexity index is 705. The fourth-order valence-corrected chi connectivity index (χ4v) is 4.61. The molecule has 1 saturated heterocycles. The highest BCUT2D eigenvalue weighted by molar-refractivity contribution is 7.80. The molecule has 2 aromatic rings. The summed E-state index contributed by atoms with van der Waals surface area (Å²) in [5.74, 6) is 0. The standard InChI is InChI=1S/C19H24N4S/c1-2-22-18(16-11-7-13-23(16)14-8-3-4-9-14)17(21-19(22)24)15-10-5-6-12-20-15/h5-7,10-14,17-18H,2-4,8-9H2,1H3,(H,21,24)/t17-,18-/m0/s1. The van der Waals surface area contributed by atoms with Crippen LogP contribution < -0.4 is 5.32 Å². The van der Waals surface area contributed by atoms with Gasteiger partial charge in [0.05, 0.1) is 17.8 Å². The van der Waals surface area contributed by atoms with E-state index in [1.54, 1.807) is 0 Å². The zero-order valence-electron chi connectivity index (χ0n) is 14.1. The van der Waals surface area contributed by atoms with E-state index in [1.165, 1.54) is 31.4 Å². The summed E-state index contributed by atoms with van der Waals surface area (Å²) < 4.78 is 2.49. The summed E-state index contributed by atoms with van der Waals surface area (Å²) in [4.78, 5) is 6.89. The van der Waals surface area contributed by atoms with Gasteiger partial charge in [0, 0.05) is 30.7 Å². The molecule has 0 aromatic carbocycles. The molecular formula is C19H24N4S. The van der Waals surface area contributed by atoms with Gasteiger partial charge in [-0.15, -0.1) is 0 Å². The van der Waals surface area contributed by atoms with Gasteiger partial charge < -0.3 is 14.8 Å². The van der Waals surface area contributed by atoms with Gasteiger partial charge in [0.15, 0.2) is 5.11 Å². The zero-order chi connectivity index (χ0) is 16.5. The molecule has 1 saturated carbocycles. The van der Waals surface area contributed by atoms with Crippen molar-refractivity contribution in [1.29, 1.82) is 0 Å². The van der Waals surface area contributed by atoms with Gasteiger partial charge in [-0.2, -0.15) is 0 Å². The molecule has 1 N–H and O–H groups in total. The van der Waals surface area contributed by atoms with Crippen molar-refractivity contribution in [1.82, 2.24) is 19.8 Å². The predicted molar refractivity (Wildman–Crippen MR) is 99.8 cm³/mol. The fourth-order valence-electron chi connectivity index (χ4n) is 4.24. The van der Waals surface area contributed by atoms with Crippen molar-refractivity contribution in [2.24, 2.45) is 0 Å². The molecule has 0 unspecified atom stereocenters. The first kappa shape index (κ1) is 15.6. The van der Waals surface area contributed by atoms with E-state index < -0.39 is 0 Å². The summed E-state index contributed by atoms with van der Waals surface area (Å²) >= 11 is 5.62. The maximum atomic E-state index is 5.62. The highest BCUT2D eigenvalue weighted by Gasteiger charge is 2.40. The van der Waals surface area contributed by atoms with Crippen LogP contribution in [0.1, 0.15) is 62.1 Å². The average Bonchev–Trinajstić information content (AvgIpc) is 3.34. The highest BCUT2D eigenvalue weighted by Crippen LogP contribution is 2.41. The normalized spacial score (nSPS) is 24.5. The van der Waals surface area contributed by atoms with Crippen molar-refractivity contribution in [3.8, 4) is 0 Å². The molecule has 4 nitrogen and oxygen atoms in total. The molecule has 0 spiro atoms. The SMILES string of the molecule is CCN1C(=S)N[C@@H](c2ccccn2)[C@@H]1c1cccn1C1CCCC1. The van der Waals surface area contributed by atoms with Gasteiger partial charge in [0.25, 0.3) is 0 Å². The molecule has 2 atom stereocenters. The summed E-state index contributed by atoms with van der Waals surface area (Å²) in [6.45, 7) is 3.07. The molecule has 0 bridgehead atoms. The molecular weight excluding hydrogens is 316 g/mol. The van der Waals surface area contributed by atoms with E-state index in [-0.39, 0.29) is 12.1 Å². The van der Waals surface area contributed by atoms with Crippen LogP contribution in [0.3, 0.4) is 0 Å².